The molecule has 5 nitrogen and oxygen atoms in total. The van der Waals surface area contributed by atoms with E-state index in [2.05, 4.69) is 27.8 Å². The number of hydrogen-bond acceptors (Lipinski definition) is 4. The van der Waals surface area contributed by atoms with Crippen LogP contribution in [0.4, 0.5) is 5.82 Å². The first-order valence-electron chi connectivity index (χ1n) is 8.00. The first-order valence-corrected chi connectivity index (χ1v) is 8.38. The number of carboxylic acid groups (broad SMARTS) is 1. The molecule has 1 fully saturated rings. The van der Waals surface area contributed by atoms with Crippen molar-refractivity contribution in [3.8, 4) is 0 Å². The van der Waals surface area contributed by atoms with Gasteiger partial charge in [-0.05, 0) is 30.7 Å². The van der Waals surface area contributed by atoms with Crippen LogP contribution in [0.25, 0.3) is 0 Å². The summed E-state index contributed by atoms with van der Waals surface area (Å²) in [5.74, 6) is -0.275. The Morgan fingerprint density at radius 1 is 1.12 bits per heavy atom. The van der Waals surface area contributed by atoms with Crippen LogP contribution in [0.15, 0.2) is 42.5 Å². The van der Waals surface area contributed by atoms with E-state index < -0.39 is 5.97 Å². The molecule has 1 aromatic heterocycles. The molecule has 0 amide bonds. The third-order valence-electron chi connectivity index (χ3n) is 4.49. The number of benzene rings is 1. The zero-order valence-corrected chi connectivity index (χ0v) is 14.3. The van der Waals surface area contributed by atoms with Crippen molar-refractivity contribution in [2.24, 2.45) is 0 Å². The topological polar surface area (TPSA) is 56.7 Å². The minimum atomic E-state index is -0.997. The van der Waals surface area contributed by atoms with Crippen molar-refractivity contribution < 1.29 is 9.90 Å². The molecule has 1 unspecified atom stereocenters. The van der Waals surface area contributed by atoms with Gasteiger partial charge in [-0.1, -0.05) is 35.9 Å². The summed E-state index contributed by atoms with van der Waals surface area (Å²) >= 11 is 6.31. The molecule has 2 aromatic rings. The quantitative estimate of drug-likeness (QED) is 0.921. The molecule has 1 aliphatic heterocycles. The van der Waals surface area contributed by atoms with Gasteiger partial charge < -0.3 is 10.0 Å². The highest BCUT2D eigenvalue weighted by atomic mass is 35.5. The van der Waals surface area contributed by atoms with Crippen LogP contribution >= 0.6 is 11.6 Å². The fourth-order valence-electron chi connectivity index (χ4n) is 3.07. The lowest BCUT2D eigenvalue weighted by molar-refractivity contribution is 0.0690. The molecule has 0 spiro atoms. The Morgan fingerprint density at radius 3 is 2.50 bits per heavy atom. The van der Waals surface area contributed by atoms with Crippen molar-refractivity contribution in [2.45, 2.75) is 13.0 Å². The van der Waals surface area contributed by atoms with Gasteiger partial charge in [0, 0.05) is 37.2 Å². The molecule has 126 valence electrons. The molecule has 6 heteroatoms. The molecule has 0 bridgehead atoms. The van der Waals surface area contributed by atoms with Crippen molar-refractivity contribution in [3.05, 3.63) is 58.7 Å². The van der Waals surface area contributed by atoms with Crippen LogP contribution in [0.2, 0.25) is 5.02 Å². The SMILES string of the molecule is CC(c1ccccc1Cl)N1CCN(c2cccc(C(=O)O)n2)CC1. The first-order chi connectivity index (χ1) is 11.6. The van der Waals surface area contributed by atoms with E-state index in [4.69, 9.17) is 16.7 Å². The zero-order chi connectivity index (χ0) is 17.1. The van der Waals surface area contributed by atoms with Crippen molar-refractivity contribution in [2.75, 3.05) is 31.1 Å². The molecule has 2 heterocycles. The number of rotatable bonds is 4. The van der Waals surface area contributed by atoms with Gasteiger partial charge in [0.1, 0.15) is 5.82 Å². The molecule has 1 atom stereocenters. The second-order valence-electron chi connectivity index (χ2n) is 5.91. The van der Waals surface area contributed by atoms with E-state index >= 15 is 0 Å². The van der Waals surface area contributed by atoms with Crippen LogP contribution < -0.4 is 4.90 Å². The molecule has 0 aliphatic carbocycles. The first kappa shape index (κ1) is 16.7. The van der Waals surface area contributed by atoms with Gasteiger partial charge in [-0.2, -0.15) is 0 Å². The summed E-state index contributed by atoms with van der Waals surface area (Å²) < 4.78 is 0. The number of carboxylic acids is 1. The van der Waals surface area contributed by atoms with E-state index in [0.29, 0.717) is 0 Å². The van der Waals surface area contributed by atoms with E-state index in [-0.39, 0.29) is 11.7 Å². The number of aromatic carboxylic acids is 1. The summed E-state index contributed by atoms with van der Waals surface area (Å²) in [7, 11) is 0. The summed E-state index contributed by atoms with van der Waals surface area (Å²) in [6.07, 6.45) is 0. The predicted molar refractivity (Wildman–Crippen MR) is 94.8 cm³/mol. The average Bonchev–Trinajstić information content (AvgIpc) is 2.62. The number of anilines is 1. The molecule has 24 heavy (non-hydrogen) atoms. The monoisotopic (exact) mass is 345 g/mol. The third-order valence-corrected chi connectivity index (χ3v) is 4.84. The molecule has 1 N–H and O–H groups in total. The van der Waals surface area contributed by atoms with Gasteiger partial charge in [0.25, 0.3) is 0 Å². The lowest BCUT2D eigenvalue weighted by atomic mass is 10.1. The normalized spacial score (nSPS) is 16.8. The fourth-order valence-corrected chi connectivity index (χ4v) is 3.36. The summed E-state index contributed by atoms with van der Waals surface area (Å²) in [5, 5.41) is 9.87. The third kappa shape index (κ3) is 3.52. The molecule has 0 radical (unpaired) electrons. The molecule has 3 rings (SSSR count). The van der Waals surface area contributed by atoms with Crippen LogP contribution in [0.1, 0.15) is 29.0 Å². The van der Waals surface area contributed by atoms with Crippen LogP contribution in [0.3, 0.4) is 0 Å². The van der Waals surface area contributed by atoms with E-state index in [9.17, 15) is 4.79 Å². The average molecular weight is 346 g/mol. The second-order valence-corrected chi connectivity index (χ2v) is 6.31. The van der Waals surface area contributed by atoms with E-state index in [1.165, 1.54) is 6.07 Å². The Hall–Kier alpha value is -2.11. The Kier molecular flexibility index (Phi) is 5.02. The van der Waals surface area contributed by atoms with Gasteiger partial charge in [0.2, 0.25) is 0 Å². The van der Waals surface area contributed by atoms with Crippen LogP contribution in [-0.2, 0) is 0 Å². The second kappa shape index (κ2) is 7.20. The maximum absolute atomic E-state index is 11.1. The number of piperazine rings is 1. The van der Waals surface area contributed by atoms with Crippen molar-refractivity contribution in [1.82, 2.24) is 9.88 Å². The smallest absolute Gasteiger partial charge is 0.354 e. The van der Waals surface area contributed by atoms with Crippen LogP contribution in [0.5, 0.6) is 0 Å². The molecule has 1 aromatic carbocycles. The molecule has 1 aliphatic rings. The molecule has 0 saturated carbocycles. The van der Waals surface area contributed by atoms with Gasteiger partial charge >= 0.3 is 5.97 Å². The van der Waals surface area contributed by atoms with E-state index in [1.54, 1.807) is 6.07 Å². The lowest BCUT2D eigenvalue weighted by Crippen LogP contribution is -2.47. The lowest BCUT2D eigenvalue weighted by Gasteiger charge is -2.39. The van der Waals surface area contributed by atoms with Crippen LogP contribution in [-0.4, -0.2) is 47.1 Å². The Labute approximate surface area is 146 Å². The van der Waals surface area contributed by atoms with Crippen molar-refractivity contribution >= 4 is 23.4 Å². The highest BCUT2D eigenvalue weighted by molar-refractivity contribution is 6.31. The Bertz CT molecular complexity index is 730. The van der Waals surface area contributed by atoms with Crippen molar-refractivity contribution in [1.29, 1.82) is 0 Å². The van der Waals surface area contributed by atoms with Gasteiger partial charge in [0.05, 0.1) is 0 Å². The maximum atomic E-state index is 11.1. The number of aromatic nitrogens is 1. The fraction of sp³-hybridized carbons (Fsp3) is 0.333. The maximum Gasteiger partial charge on any atom is 0.354 e. The Balaban J connectivity index is 1.67. The van der Waals surface area contributed by atoms with E-state index in [0.717, 1.165) is 42.6 Å². The number of carbonyl (C=O) groups is 1. The number of halogens is 1. The molecule has 1 saturated heterocycles. The van der Waals surface area contributed by atoms with Gasteiger partial charge in [0.15, 0.2) is 5.69 Å². The zero-order valence-electron chi connectivity index (χ0n) is 13.5. The summed E-state index contributed by atoms with van der Waals surface area (Å²) in [6, 6.07) is 13.3. The van der Waals surface area contributed by atoms with Gasteiger partial charge in [-0.25, -0.2) is 9.78 Å². The highest BCUT2D eigenvalue weighted by Gasteiger charge is 2.24. The summed E-state index contributed by atoms with van der Waals surface area (Å²) in [5.41, 5.74) is 1.22. The highest BCUT2D eigenvalue weighted by Crippen LogP contribution is 2.28. The Morgan fingerprint density at radius 2 is 1.83 bits per heavy atom. The van der Waals surface area contributed by atoms with Gasteiger partial charge in [-0.15, -0.1) is 0 Å². The number of hydrogen-bond donors (Lipinski definition) is 1. The minimum Gasteiger partial charge on any atom is -0.477 e. The number of nitrogens with zero attached hydrogens (tertiary/aromatic N) is 3. The largest absolute Gasteiger partial charge is 0.477 e. The molecular formula is C18H20ClN3O2. The standard InChI is InChI=1S/C18H20ClN3O2/c1-13(14-5-2-3-6-15(14)19)21-9-11-22(12-10-21)17-8-4-7-16(20-17)18(23)24/h2-8,13H,9-12H2,1H3,(H,23,24). The number of pyridine rings is 1. The van der Waals surface area contributed by atoms with E-state index in [1.807, 2.05) is 24.3 Å². The van der Waals surface area contributed by atoms with Crippen molar-refractivity contribution in [3.63, 3.8) is 0 Å². The summed E-state index contributed by atoms with van der Waals surface area (Å²) in [6.45, 7) is 5.55. The minimum absolute atomic E-state index is 0.0827. The molecular weight excluding hydrogens is 326 g/mol. The van der Waals surface area contributed by atoms with Gasteiger partial charge in [-0.3, -0.25) is 4.90 Å². The van der Waals surface area contributed by atoms with Crippen LogP contribution in [0, 0.1) is 0 Å². The predicted octanol–water partition coefficient (Wildman–Crippen LogP) is 3.32. The summed E-state index contributed by atoms with van der Waals surface area (Å²) in [4.78, 5) is 19.8.